The van der Waals surface area contributed by atoms with Crippen LogP contribution in [0.5, 0.6) is 0 Å². The maximum absolute atomic E-state index is 10.9. The molecule has 0 aromatic rings. The van der Waals surface area contributed by atoms with Crippen molar-refractivity contribution in [2.45, 2.75) is 106 Å². The van der Waals surface area contributed by atoms with Crippen LogP contribution in [-0.2, 0) is 4.79 Å². The molecule has 0 heterocycles. The number of hydrogen-bond donors (Lipinski definition) is 1. The van der Waals surface area contributed by atoms with Crippen molar-refractivity contribution in [2.75, 3.05) is 0 Å². The molecule has 0 bridgehead atoms. The van der Waals surface area contributed by atoms with Crippen molar-refractivity contribution in [3.05, 3.63) is 0 Å². The van der Waals surface area contributed by atoms with Gasteiger partial charge in [-0.2, -0.15) is 0 Å². The molecule has 0 aliphatic heterocycles. The van der Waals surface area contributed by atoms with Gasteiger partial charge < -0.3 is 5.11 Å². The van der Waals surface area contributed by atoms with Crippen molar-refractivity contribution in [1.29, 1.82) is 0 Å². The molecule has 0 aromatic carbocycles. The van der Waals surface area contributed by atoms with Crippen molar-refractivity contribution in [2.24, 2.45) is 16.2 Å². The Morgan fingerprint density at radius 2 is 1.23 bits per heavy atom. The molecule has 0 amide bonds. The van der Waals surface area contributed by atoms with Crippen LogP contribution < -0.4 is 0 Å². The van der Waals surface area contributed by atoms with Crippen LogP contribution >= 0.6 is 0 Å². The number of carboxylic acid groups (broad SMARTS) is 1. The zero-order valence-electron chi connectivity index (χ0n) is 16.2. The maximum Gasteiger partial charge on any atom is 0.303 e. The maximum atomic E-state index is 10.9. The molecule has 0 saturated heterocycles. The van der Waals surface area contributed by atoms with E-state index in [1.807, 2.05) is 0 Å². The van der Waals surface area contributed by atoms with Crippen LogP contribution in [0.2, 0.25) is 0 Å². The van der Waals surface area contributed by atoms with Gasteiger partial charge in [-0.3, -0.25) is 4.79 Å². The van der Waals surface area contributed by atoms with Gasteiger partial charge in [0.25, 0.3) is 0 Å². The fourth-order valence-electron chi connectivity index (χ4n) is 4.32. The molecular formula is C20H40O2. The molecule has 0 aliphatic rings. The number of rotatable bonds is 10. The largest absolute Gasteiger partial charge is 0.481 e. The van der Waals surface area contributed by atoms with Crippen LogP contribution in [0, 0.1) is 16.2 Å². The summed E-state index contributed by atoms with van der Waals surface area (Å²) in [6.07, 6.45) is 9.82. The minimum absolute atomic E-state index is 0.189. The zero-order chi connectivity index (χ0) is 17.4. The molecule has 0 fully saturated rings. The molecule has 0 atom stereocenters. The SMILES string of the molecule is CCCCCCCC(CCCC(=O)O)(C(C)(C)C)C(C)(C)C. The van der Waals surface area contributed by atoms with Gasteiger partial charge in [0, 0.05) is 6.42 Å². The Morgan fingerprint density at radius 1 is 0.773 bits per heavy atom. The van der Waals surface area contributed by atoms with Crippen molar-refractivity contribution in [3.63, 3.8) is 0 Å². The molecule has 22 heavy (non-hydrogen) atoms. The van der Waals surface area contributed by atoms with Crippen LogP contribution in [0.25, 0.3) is 0 Å². The first-order valence-corrected chi connectivity index (χ1v) is 9.20. The highest BCUT2D eigenvalue weighted by Crippen LogP contribution is 2.57. The topological polar surface area (TPSA) is 37.3 Å². The predicted octanol–water partition coefficient (Wildman–Crippen LogP) is 6.68. The first kappa shape index (κ1) is 21.5. The van der Waals surface area contributed by atoms with Gasteiger partial charge >= 0.3 is 5.97 Å². The lowest BCUT2D eigenvalue weighted by Crippen LogP contribution is -2.46. The van der Waals surface area contributed by atoms with E-state index < -0.39 is 5.97 Å². The summed E-state index contributed by atoms with van der Waals surface area (Å²) in [5.74, 6) is -0.667. The average Bonchev–Trinajstić information content (AvgIpc) is 2.33. The average molecular weight is 313 g/mol. The molecule has 0 aromatic heterocycles. The second-order valence-corrected chi connectivity index (χ2v) is 8.99. The van der Waals surface area contributed by atoms with E-state index >= 15 is 0 Å². The van der Waals surface area contributed by atoms with Crippen LogP contribution in [0.1, 0.15) is 106 Å². The van der Waals surface area contributed by atoms with Gasteiger partial charge in [0.1, 0.15) is 0 Å². The van der Waals surface area contributed by atoms with Crippen molar-refractivity contribution < 1.29 is 9.90 Å². The van der Waals surface area contributed by atoms with Crippen LogP contribution in [-0.4, -0.2) is 11.1 Å². The molecule has 0 aliphatic carbocycles. The second-order valence-electron chi connectivity index (χ2n) is 8.99. The molecule has 0 spiro atoms. The van der Waals surface area contributed by atoms with Gasteiger partial charge in [-0.05, 0) is 35.5 Å². The van der Waals surface area contributed by atoms with E-state index in [9.17, 15) is 4.79 Å². The lowest BCUT2D eigenvalue weighted by atomic mass is 9.50. The highest BCUT2D eigenvalue weighted by Gasteiger charge is 2.49. The van der Waals surface area contributed by atoms with E-state index in [4.69, 9.17) is 5.11 Å². The lowest BCUT2D eigenvalue weighted by Gasteiger charge is -2.55. The van der Waals surface area contributed by atoms with Gasteiger partial charge in [0.2, 0.25) is 0 Å². The normalized spacial score (nSPS) is 13.4. The van der Waals surface area contributed by atoms with Gasteiger partial charge in [-0.25, -0.2) is 0 Å². The third kappa shape index (κ3) is 6.30. The molecule has 2 heteroatoms. The summed E-state index contributed by atoms with van der Waals surface area (Å²) in [4.78, 5) is 10.9. The summed E-state index contributed by atoms with van der Waals surface area (Å²) < 4.78 is 0. The molecule has 1 N–H and O–H groups in total. The van der Waals surface area contributed by atoms with Gasteiger partial charge in [-0.1, -0.05) is 80.6 Å². The number of unbranched alkanes of at least 4 members (excludes halogenated alkanes) is 4. The zero-order valence-corrected chi connectivity index (χ0v) is 16.2. The van der Waals surface area contributed by atoms with Crippen LogP contribution in [0.4, 0.5) is 0 Å². The first-order chi connectivity index (χ1) is 9.98. The van der Waals surface area contributed by atoms with Crippen molar-refractivity contribution in [1.82, 2.24) is 0 Å². The molecule has 2 nitrogen and oxygen atoms in total. The molecule has 0 unspecified atom stereocenters. The third-order valence-electron chi connectivity index (χ3n) is 5.57. The number of hydrogen-bond acceptors (Lipinski definition) is 1. The first-order valence-electron chi connectivity index (χ1n) is 9.20. The summed E-state index contributed by atoms with van der Waals surface area (Å²) in [5, 5.41) is 8.99. The van der Waals surface area contributed by atoms with E-state index in [2.05, 4.69) is 48.5 Å². The minimum atomic E-state index is -0.667. The Balaban J connectivity index is 5.02. The summed E-state index contributed by atoms with van der Waals surface area (Å²) in [5.41, 5.74) is 0.574. The van der Waals surface area contributed by atoms with Gasteiger partial charge in [-0.15, -0.1) is 0 Å². The predicted molar refractivity (Wildman–Crippen MR) is 96.2 cm³/mol. The molecular weight excluding hydrogens is 272 g/mol. The number of carbonyl (C=O) groups is 1. The van der Waals surface area contributed by atoms with E-state index in [1.54, 1.807) is 0 Å². The fourth-order valence-corrected chi connectivity index (χ4v) is 4.32. The lowest BCUT2D eigenvalue weighted by molar-refractivity contribution is -0.137. The summed E-state index contributed by atoms with van der Waals surface area (Å²) in [6, 6.07) is 0. The molecule has 0 rings (SSSR count). The minimum Gasteiger partial charge on any atom is -0.481 e. The number of carboxylic acids is 1. The Kier molecular flexibility index (Phi) is 8.72. The van der Waals surface area contributed by atoms with Crippen LogP contribution in [0.15, 0.2) is 0 Å². The third-order valence-corrected chi connectivity index (χ3v) is 5.57. The Bertz CT molecular complexity index is 304. The Labute approximate surface area is 139 Å². The smallest absolute Gasteiger partial charge is 0.303 e. The summed E-state index contributed by atoms with van der Waals surface area (Å²) >= 11 is 0. The van der Waals surface area contributed by atoms with Crippen molar-refractivity contribution in [3.8, 4) is 0 Å². The van der Waals surface area contributed by atoms with E-state index in [1.165, 1.54) is 38.5 Å². The highest BCUT2D eigenvalue weighted by atomic mass is 16.4. The number of aliphatic carboxylic acids is 1. The highest BCUT2D eigenvalue weighted by molar-refractivity contribution is 5.66. The summed E-state index contributed by atoms with van der Waals surface area (Å²) in [7, 11) is 0. The molecule has 0 saturated carbocycles. The summed E-state index contributed by atoms with van der Waals surface area (Å²) in [6.45, 7) is 16.3. The van der Waals surface area contributed by atoms with Gasteiger partial charge in [0.05, 0.1) is 0 Å². The Morgan fingerprint density at radius 3 is 1.64 bits per heavy atom. The second kappa shape index (κ2) is 8.93. The fraction of sp³-hybridized carbons (Fsp3) is 0.950. The van der Waals surface area contributed by atoms with E-state index in [0.717, 1.165) is 12.8 Å². The Hall–Kier alpha value is -0.530. The van der Waals surface area contributed by atoms with E-state index in [-0.39, 0.29) is 16.2 Å². The monoisotopic (exact) mass is 312 g/mol. The van der Waals surface area contributed by atoms with Crippen LogP contribution in [0.3, 0.4) is 0 Å². The quantitative estimate of drug-likeness (QED) is 0.457. The van der Waals surface area contributed by atoms with Gasteiger partial charge in [0.15, 0.2) is 0 Å². The van der Waals surface area contributed by atoms with Crippen molar-refractivity contribution >= 4 is 5.97 Å². The molecule has 132 valence electrons. The molecule has 0 radical (unpaired) electrons. The van der Waals surface area contributed by atoms with E-state index in [0.29, 0.717) is 6.42 Å². The standard InChI is InChI=1S/C20H40O2/c1-8-9-10-11-12-15-20(18(2,3)4,19(5,6)7)16-13-14-17(21)22/h8-16H2,1-7H3,(H,21,22).